The molecule has 1 fully saturated rings. The molecule has 0 aromatic heterocycles. The van der Waals surface area contributed by atoms with Crippen LogP contribution in [-0.2, 0) is 22.4 Å². The Balaban J connectivity index is 1.32. The van der Waals surface area contributed by atoms with Gasteiger partial charge in [0.1, 0.15) is 18.9 Å². The molecule has 4 aromatic rings. The number of carbonyl (C=O) groups is 3. The predicted molar refractivity (Wildman–Crippen MR) is 173 cm³/mol. The number of alkyl halides is 3. The number of methoxy groups -OCH3 is 1. The summed E-state index contributed by atoms with van der Waals surface area (Å²) in [7, 11) is 1.23. The molecule has 1 aliphatic heterocycles. The Morgan fingerprint density at radius 3 is 2.50 bits per heavy atom. The first-order chi connectivity index (χ1) is 22.0. The molecule has 5 rings (SSSR count). The van der Waals surface area contributed by atoms with Gasteiger partial charge in [0, 0.05) is 0 Å². The van der Waals surface area contributed by atoms with Gasteiger partial charge < -0.3 is 19.5 Å². The summed E-state index contributed by atoms with van der Waals surface area (Å²) in [5.74, 6) is -0.754. The third kappa shape index (κ3) is 7.31. The third-order valence-electron chi connectivity index (χ3n) is 6.86. The average molecular weight is 716 g/mol. The van der Waals surface area contributed by atoms with E-state index in [9.17, 15) is 27.6 Å². The van der Waals surface area contributed by atoms with Crippen molar-refractivity contribution in [2.45, 2.75) is 19.7 Å². The van der Waals surface area contributed by atoms with E-state index in [0.29, 0.717) is 50.9 Å². The summed E-state index contributed by atoms with van der Waals surface area (Å²) in [6, 6.07) is 19.9. The van der Waals surface area contributed by atoms with Gasteiger partial charge in [-0.3, -0.25) is 19.3 Å². The molecule has 238 valence electrons. The molecule has 3 amide bonds. The van der Waals surface area contributed by atoms with Gasteiger partial charge in [-0.2, -0.15) is 13.2 Å². The van der Waals surface area contributed by atoms with Crippen molar-refractivity contribution in [2.24, 2.45) is 0 Å². The summed E-state index contributed by atoms with van der Waals surface area (Å²) < 4.78 is 57.2. The largest absolute Gasteiger partial charge is 0.495 e. The highest BCUT2D eigenvalue weighted by atomic mass is 79.9. The van der Waals surface area contributed by atoms with Crippen molar-refractivity contribution >= 4 is 67.3 Å². The monoisotopic (exact) mass is 714 g/mol. The zero-order valence-electron chi connectivity index (χ0n) is 24.4. The second-order valence-corrected chi connectivity index (χ2v) is 11.8. The molecule has 0 bridgehead atoms. The first-order valence-electron chi connectivity index (χ1n) is 13.8. The fraction of sp³-hybridized carbons (Fsp3) is 0.182. The lowest BCUT2D eigenvalue weighted by Crippen LogP contribution is -2.36. The van der Waals surface area contributed by atoms with Gasteiger partial charge >= 0.3 is 6.18 Å². The van der Waals surface area contributed by atoms with E-state index >= 15 is 0 Å². The number of thioether (sulfide) groups is 1. The highest BCUT2D eigenvalue weighted by Crippen LogP contribution is 2.40. The first-order valence-corrected chi connectivity index (χ1v) is 15.5. The molecule has 1 aliphatic rings. The number of hydrogen-bond acceptors (Lipinski definition) is 7. The van der Waals surface area contributed by atoms with Crippen LogP contribution in [0.4, 0.5) is 23.7 Å². The quantitative estimate of drug-likeness (QED) is 0.165. The number of nitrogens with one attached hydrogen (secondary N) is 1. The van der Waals surface area contributed by atoms with Crippen LogP contribution in [-0.4, -0.2) is 42.2 Å². The van der Waals surface area contributed by atoms with E-state index in [1.807, 2.05) is 49.4 Å². The predicted octanol–water partition coefficient (Wildman–Crippen LogP) is 8.28. The van der Waals surface area contributed by atoms with Crippen molar-refractivity contribution in [1.82, 2.24) is 4.90 Å². The number of benzene rings is 4. The van der Waals surface area contributed by atoms with Crippen LogP contribution < -0.4 is 19.5 Å². The van der Waals surface area contributed by atoms with Crippen LogP contribution in [0.1, 0.15) is 23.6 Å². The molecule has 1 N–H and O–H groups in total. The highest BCUT2D eigenvalue weighted by Gasteiger charge is 2.37. The summed E-state index contributed by atoms with van der Waals surface area (Å²) >= 11 is 4.17. The number of amides is 3. The zero-order valence-corrected chi connectivity index (χ0v) is 26.8. The average Bonchev–Trinajstić information content (AvgIpc) is 3.27. The minimum Gasteiger partial charge on any atom is -0.495 e. The Morgan fingerprint density at radius 2 is 1.76 bits per heavy atom. The van der Waals surface area contributed by atoms with Crippen molar-refractivity contribution in [1.29, 1.82) is 0 Å². The van der Waals surface area contributed by atoms with E-state index in [1.54, 1.807) is 12.1 Å². The fourth-order valence-electron chi connectivity index (χ4n) is 4.75. The van der Waals surface area contributed by atoms with Gasteiger partial charge in [-0.1, -0.05) is 42.5 Å². The van der Waals surface area contributed by atoms with Crippen molar-refractivity contribution in [3.63, 3.8) is 0 Å². The minimum atomic E-state index is -4.65. The number of nitrogens with zero attached hydrogens (tertiary/aromatic N) is 1. The van der Waals surface area contributed by atoms with Crippen LogP contribution in [0.25, 0.3) is 16.8 Å². The Labute approximate surface area is 274 Å². The molecular formula is C33H26BrF3N2O6S. The second-order valence-electron chi connectivity index (χ2n) is 9.92. The molecule has 0 unspecified atom stereocenters. The van der Waals surface area contributed by atoms with E-state index in [-0.39, 0.29) is 22.9 Å². The maximum Gasteiger partial charge on any atom is 0.416 e. The number of imide groups is 1. The number of ether oxygens (including phenoxy) is 3. The lowest BCUT2D eigenvalue weighted by atomic mass is 10.1. The number of anilines is 1. The van der Waals surface area contributed by atoms with Gasteiger partial charge in [-0.05, 0) is 92.9 Å². The molecule has 0 radical (unpaired) electrons. The van der Waals surface area contributed by atoms with Crippen molar-refractivity contribution in [3.8, 4) is 17.2 Å². The number of fused-ring (bicyclic) bond motifs is 1. The molecule has 8 nitrogen and oxygen atoms in total. The lowest BCUT2D eigenvalue weighted by molar-refractivity contribution is -0.137. The Bertz CT molecular complexity index is 1860. The summed E-state index contributed by atoms with van der Waals surface area (Å²) in [4.78, 5) is 39.3. The van der Waals surface area contributed by atoms with E-state index < -0.39 is 35.3 Å². The van der Waals surface area contributed by atoms with Crippen molar-refractivity contribution in [2.75, 3.05) is 25.6 Å². The third-order valence-corrected chi connectivity index (χ3v) is 8.35. The van der Waals surface area contributed by atoms with E-state index in [0.717, 1.165) is 28.5 Å². The van der Waals surface area contributed by atoms with Crippen LogP contribution in [0, 0.1) is 0 Å². The molecule has 1 heterocycles. The topological polar surface area (TPSA) is 94.2 Å². The number of rotatable bonds is 10. The standard InChI is InChI=1S/C33H26BrF3N2O6S/c1-3-44-27-14-19(13-24(34)30(27)45-18-21-9-6-8-20-7-4-5-10-23(20)21)15-28-31(41)39(32(42)46-28)17-29(40)38-25-16-22(33(35,36)37)11-12-26(25)43-2/h4-16H,3,17-18H2,1-2H3,(H,38,40)/b28-15-. The summed E-state index contributed by atoms with van der Waals surface area (Å²) in [5, 5.41) is 3.74. The van der Waals surface area contributed by atoms with Gasteiger partial charge in [0.15, 0.2) is 11.5 Å². The highest BCUT2D eigenvalue weighted by molar-refractivity contribution is 9.10. The molecule has 0 saturated carbocycles. The molecule has 4 aromatic carbocycles. The fourth-order valence-corrected chi connectivity index (χ4v) is 6.16. The van der Waals surface area contributed by atoms with Crippen LogP contribution in [0.15, 0.2) is 82.2 Å². The van der Waals surface area contributed by atoms with Gasteiger partial charge in [-0.25, -0.2) is 0 Å². The van der Waals surface area contributed by atoms with Crippen molar-refractivity contribution in [3.05, 3.63) is 98.9 Å². The zero-order chi connectivity index (χ0) is 33.0. The Kier molecular flexibility index (Phi) is 9.92. The normalized spacial score (nSPS) is 14.2. The maximum atomic E-state index is 13.2. The molecule has 0 atom stereocenters. The Morgan fingerprint density at radius 1 is 1.00 bits per heavy atom. The molecule has 46 heavy (non-hydrogen) atoms. The van der Waals surface area contributed by atoms with E-state index in [1.165, 1.54) is 13.2 Å². The van der Waals surface area contributed by atoms with Gasteiger partial charge in [0.25, 0.3) is 11.1 Å². The van der Waals surface area contributed by atoms with Crippen molar-refractivity contribution < 1.29 is 41.8 Å². The summed E-state index contributed by atoms with van der Waals surface area (Å²) in [6.45, 7) is 1.71. The smallest absolute Gasteiger partial charge is 0.416 e. The van der Waals surface area contributed by atoms with Crippen LogP contribution in [0.5, 0.6) is 17.2 Å². The van der Waals surface area contributed by atoms with Gasteiger partial charge in [0.05, 0.1) is 34.3 Å². The van der Waals surface area contributed by atoms with Crippen LogP contribution in [0.2, 0.25) is 0 Å². The lowest BCUT2D eigenvalue weighted by Gasteiger charge is -2.16. The first kappa shape index (κ1) is 32.9. The SMILES string of the molecule is CCOc1cc(/C=C2\SC(=O)N(CC(=O)Nc3cc(C(F)(F)F)ccc3OC)C2=O)cc(Br)c1OCc1cccc2ccccc12. The summed E-state index contributed by atoms with van der Waals surface area (Å²) in [6.07, 6.45) is -3.17. The molecule has 0 aliphatic carbocycles. The van der Waals surface area contributed by atoms with Crippen LogP contribution in [0.3, 0.4) is 0 Å². The van der Waals surface area contributed by atoms with E-state index in [4.69, 9.17) is 14.2 Å². The number of hydrogen-bond donors (Lipinski definition) is 1. The van der Waals surface area contributed by atoms with Gasteiger partial charge in [0.2, 0.25) is 5.91 Å². The maximum absolute atomic E-state index is 13.2. The molecule has 0 spiro atoms. The molecular weight excluding hydrogens is 689 g/mol. The van der Waals surface area contributed by atoms with Crippen LogP contribution >= 0.6 is 27.7 Å². The Hall–Kier alpha value is -4.49. The molecule has 13 heteroatoms. The molecule has 1 saturated heterocycles. The summed E-state index contributed by atoms with van der Waals surface area (Å²) in [5.41, 5.74) is 0.262. The van der Waals surface area contributed by atoms with E-state index in [2.05, 4.69) is 21.2 Å². The number of halogens is 4. The number of carbonyl (C=O) groups excluding carboxylic acids is 3. The second kappa shape index (κ2) is 13.9. The van der Waals surface area contributed by atoms with Gasteiger partial charge in [-0.15, -0.1) is 0 Å². The minimum absolute atomic E-state index is 0.0180.